The van der Waals surface area contributed by atoms with E-state index in [1.54, 1.807) is 0 Å². The predicted molar refractivity (Wildman–Crippen MR) is 98.5 cm³/mol. The van der Waals surface area contributed by atoms with Crippen LogP contribution in [0.4, 0.5) is 0 Å². The molecule has 0 atom stereocenters. The Bertz CT molecular complexity index is 571. The van der Waals surface area contributed by atoms with Crippen molar-refractivity contribution in [3.8, 4) is 0 Å². The molecule has 0 bridgehead atoms. The van der Waals surface area contributed by atoms with Crippen molar-refractivity contribution in [2.75, 3.05) is 32.8 Å². The number of hydrogen-bond acceptors (Lipinski definition) is 3. The third kappa shape index (κ3) is 4.06. The predicted octanol–water partition coefficient (Wildman–Crippen LogP) is 2.73. The van der Waals surface area contributed by atoms with Crippen molar-refractivity contribution in [3.63, 3.8) is 0 Å². The molecule has 136 valence electrons. The summed E-state index contributed by atoms with van der Waals surface area (Å²) < 4.78 is 5.36. The molecule has 1 saturated carbocycles. The summed E-state index contributed by atoms with van der Waals surface area (Å²) in [5.41, 5.74) is 1.91. The van der Waals surface area contributed by atoms with Crippen molar-refractivity contribution in [2.45, 2.75) is 50.0 Å². The molecule has 4 nitrogen and oxygen atoms in total. The minimum atomic E-state index is 0.166. The van der Waals surface area contributed by atoms with Gasteiger partial charge in [0.2, 0.25) is 5.91 Å². The number of ether oxygens (including phenoxy) is 1. The average Bonchev–Trinajstić information content (AvgIpc) is 3.45. The first-order valence-corrected chi connectivity index (χ1v) is 9.91. The summed E-state index contributed by atoms with van der Waals surface area (Å²) in [5, 5.41) is 3.30. The highest BCUT2D eigenvalue weighted by Gasteiger charge is 2.45. The molecule has 4 rings (SSSR count). The zero-order chi connectivity index (χ0) is 17.1. The molecule has 1 aromatic rings. The number of piperidine rings is 1. The van der Waals surface area contributed by atoms with Gasteiger partial charge in [0.15, 0.2) is 0 Å². The van der Waals surface area contributed by atoms with E-state index in [-0.39, 0.29) is 11.8 Å². The van der Waals surface area contributed by atoms with Gasteiger partial charge in [-0.1, -0.05) is 30.3 Å². The van der Waals surface area contributed by atoms with Crippen molar-refractivity contribution in [3.05, 3.63) is 35.9 Å². The van der Waals surface area contributed by atoms with Gasteiger partial charge < -0.3 is 15.0 Å². The molecule has 1 amide bonds. The number of benzene rings is 1. The van der Waals surface area contributed by atoms with Crippen molar-refractivity contribution in [2.24, 2.45) is 5.92 Å². The zero-order valence-corrected chi connectivity index (χ0v) is 15.1. The van der Waals surface area contributed by atoms with Gasteiger partial charge in [0.25, 0.3) is 0 Å². The summed E-state index contributed by atoms with van der Waals surface area (Å²) in [5.74, 6) is 0.421. The Kier molecular flexibility index (Phi) is 5.09. The Morgan fingerprint density at radius 2 is 1.76 bits per heavy atom. The fourth-order valence-corrected chi connectivity index (χ4v) is 4.42. The summed E-state index contributed by atoms with van der Waals surface area (Å²) in [6.45, 7) is 4.86. The third-order valence-electron chi connectivity index (χ3n) is 6.29. The summed E-state index contributed by atoms with van der Waals surface area (Å²) in [6.07, 6.45) is 6.56. The lowest BCUT2D eigenvalue weighted by Gasteiger charge is -2.35. The van der Waals surface area contributed by atoms with Crippen LogP contribution in [-0.4, -0.2) is 49.7 Å². The molecule has 0 radical (unpaired) electrons. The fraction of sp³-hybridized carbons (Fsp3) is 0.667. The monoisotopic (exact) mass is 342 g/mol. The normalized spacial score (nSPS) is 24.8. The second-order valence-electron chi connectivity index (χ2n) is 8.09. The third-order valence-corrected chi connectivity index (χ3v) is 6.29. The number of amides is 1. The quantitative estimate of drug-likeness (QED) is 0.895. The van der Waals surface area contributed by atoms with E-state index in [1.165, 1.54) is 24.9 Å². The Labute approximate surface area is 150 Å². The van der Waals surface area contributed by atoms with E-state index in [4.69, 9.17) is 4.74 Å². The summed E-state index contributed by atoms with van der Waals surface area (Å²) in [6, 6.07) is 11.4. The van der Waals surface area contributed by atoms with Gasteiger partial charge in [-0.3, -0.25) is 4.79 Å². The number of carbonyl (C=O) groups is 1. The second kappa shape index (κ2) is 7.46. The molecule has 4 heteroatoms. The summed E-state index contributed by atoms with van der Waals surface area (Å²) in [7, 11) is 0. The van der Waals surface area contributed by atoms with Crippen LogP contribution in [0.15, 0.2) is 30.3 Å². The van der Waals surface area contributed by atoms with Crippen LogP contribution in [0.25, 0.3) is 0 Å². The van der Waals surface area contributed by atoms with Gasteiger partial charge in [-0.25, -0.2) is 0 Å². The minimum Gasteiger partial charge on any atom is -0.381 e. The van der Waals surface area contributed by atoms with Crippen LogP contribution >= 0.6 is 0 Å². The number of hydrogen-bond donors (Lipinski definition) is 1. The summed E-state index contributed by atoms with van der Waals surface area (Å²) >= 11 is 0. The first-order valence-electron chi connectivity index (χ1n) is 9.91. The zero-order valence-electron chi connectivity index (χ0n) is 15.1. The topological polar surface area (TPSA) is 41.6 Å². The van der Waals surface area contributed by atoms with Gasteiger partial charge in [-0.2, -0.15) is 0 Å². The lowest BCUT2D eigenvalue weighted by molar-refractivity contribution is -0.128. The number of likely N-dealkylation sites (tertiary alicyclic amines) is 1. The van der Waals surface area contributed by atoms with Gasteiger partial charge in [-0.15, -0.1) is 0 Å². The highest BCUT2D eigenvalue weighted by molar-refractivity contribution is 5.79. The fourth-order valence-electron chi connectivity index (χ4n) is 4.42. The Balaban J connectivity index is 1.24. The molecular formula is C21H30N2O2. The number of nitrogens with one attached hydrogen (secondary N) is 1. The lowest BCUT2D eigenvalue weighted by atomic mass is 9.93. The Morgan fingerprint density at radius 3 is 2.40 bits per heavy atom. The maximum Gasteiger partial charge on any atom is 0.223 e. The van der Waals surface area contributed by atoms with E-state index in [9.17, 15) is 4.79 Å². The molecule has 1 N–H and O–H groups in total. The first-order chi connectivity index (χ1) is 12.3. The Morgan fingerprint density at radius 1 is 1.08 bits per heavy atom. The van der Waals surface area contributed by atoms with Crippen molar-refractivity contribution in [1.82, 2.24) is 10.2 Å². The highest BCUT2D eigenvalue weighted by atomic mass is 16.5. The maximum absolute atomic E-state index is 12.4. The highest BCUT2D eigenvalue weighted by Crippen LogP contribution is 2.48. The van der Waals surface area contributed by atoms with Crippen molar-refractivity contribution < 1.29 is 9.53 Å². The van der Waals surface area contributed by atoms with Gasteiger partial charge in [0.1, 0.15) is 0 Å². The van der Waals surface area contributed by atoms with Gasteiger partial charge >= 0.3 is 0 Å². The van der Waals surface area contributed by atoms with E-state index >= 15 is 0 Å². The van der Waals surface area contributed by atoms with Crippen LogP contribution in [0.2, 0.25) is 0 Å². The standard InChI is InChI=1S/C21H30N2O2/c24-20(17-8-14-25-15-9-17)22-19-6-12-23(13-7-19)16-21(10-11-21)18-4-2-1-3-5-18/h1-5,17,19H,6-16H2,(H,22,24). The maximum atomic E-state index is 12.4. The van der Waals surface area contributed by atoms with Crippen molar-refractivity contribution in [1.29, 1.82) is 0 Å². The van der Waals surface area contributed by atoms with Crippen molar-refractivity contribution >= 4 is 5.91 Å². The molecule has 2 heterocycles. The van der Waals surface area contributed by atoms with Crippen LogP contribution < -0.4 is 5.32 Å². The van der Waals surface area contributed by atoms with E-state index in [0.717, 1.165) is 52.0 Å². The SMILES string of the molecule is O=C(NC1CCN(CC2(c3ccccc3)CC2)CC1)C1CCOCC1. The van der Waals surface area contributed by atoms with E-state index < -0.39 is 0 Å². The molecule has 0 unspecified atom stereocenters. The minimum absolute atomic E-state index is 0.166. The molecule has 2 saturated heterocycles. The first kappa shape index (κ1) is 17.0. The van der Waals surface area contributed by atoms with Gasteiger partial charge in [0.05, 0.1) is 0 Å². The van der Waals surface area contributed by atoms with Crippen LogP contribution in [0.3, 0.4) is 0 Å². The molecule has 1 aliphatic carbocycles. The second-order valence-corrected chi connectivity index (χ2v) is 8.09. The summed E-state index contributed by atoms with van der Waals surface area (Å²) in [4.78, 5) is 15.0. The van der Waals surface area contributed by atoms with Gasteiger partial charge in [-0.05, 0) is 44.1 Å². The van der Waals surface area contributed by atoms with E-state index in [1.807, 2.05) is 0 Å². The lowest BCUT2D eigenvalue weighted by Crippen LogP contribution is -2.48. The number of carbonyl (C=O) groups excluding carboxylic acids is 1. The molecule has 0 spiro atoms. The van der Waals surface area contributed by atoms with Crippen LogP contribution in [-0.2, 0) is 14.9 Å². The molecule has 3 aliphatic rings. The molecule has 3 fully saturated rings. The van der Waals surface area contributed by atoms with Gasteiger partial charge in [0, 0.05) is 50.2 Å². The largest absolute Gasteiger partial charge is 0.381 e. The number of nitrogens with zero attached hydrogens (tertiary/aromatic N) is 1. The number of rotatable bonds is 5. The van der Waals surface area contributed by atoms with Crippen LogP contribution in [0.5, 0.6) is 0 Å². The van der Waals surface area contributed by atoms with E-state index in [0.29, 0.717) is 11.5 Å². The molecule has 25 heavy (non-hydrogen) atoms. The van der Waals surface area contributed by atoms with Crippen LogP contribution in [0, 0.1) is 5.92 Å². The smallest absolute Gasteiger partial charge is 0.223 e. The van der Waals surface area contributed by atoms with Crippen LogP contribution in [0.1, 0.15) is 44.1 Å². The molecule has 2 aliphatic heterocycles. The Hall–Kier alpha value is -1.39. The molecule has 0 aromatic heterocycles. The average molecular weight is 342 g/mol. The molecule has 1 aromatic carbocycles. The molecular weight excluding hydrogens is 312 g/mol. The van der Waals surface area contributed by atoms with E-state index in [2.05, 4.69) is 40.5 Å².